The molecule has 1 aromatic rings. The van der Waals surface area contributed by atoms with Gasteiger partial charge in [0.05, 0.1) is 37.0 Å². The van der Waals surface area contributed by atoms with E-state index in [1.54, 1.807) is 6.92 Å². The van der Waals surface area contributed by atoms with Gasteiger partial charge in [0.1, 0.15) is 6.54 Å². The zero-order chi connectivity index (χ0) is 18.7. The fraction of sp³-hybridized carbons (Fsp3) is 0.500. The molecular formula is C20H28N3O3+. The summed E-state index contributed by atoms with van der Waals surface area (Å²) in [6.07, 6.45) is 2.37. The molecule has 0 unspecified atom stereocenters. The molecule has 140 valence electrons. The Bertz CT molecular complexity index is 736. The fourth-order valence-corrected chi connectivity index (χ4v) is 3.81. The number of amides is 2. The van der Waals surface area contributed by atoms with Crippen molar-refractivity contribution in [2.24, 2.45) is 0 Å². The number of hydrogen-bond donors (Lipinski definition) is 3. The fourth-order valence-electron chi connectivity index (χ4n) is 3.81. The number of urea groups is 1. The Morgan fingerprint density at radius 1 is 1.27 bits per heavy atom. The summed E-state index contributed by atoms with van der Waals surface area (Å²) in [5, 5.41) is 5.80. The van der Waals surface area contributed by atoms with Gasteiger partial charge in [0.2, 0.25) is 0 Å². The van der Waals surface area contributed by atoms with E-state index in [1.165, 1.54) is 17.7 Å². The van der Waals surface area contributed by atoms with Crippen LogP contribution >= 0.6 is 0 Å². The van der Waals surface area contributed by atoms with Crippen molar-refractivity contribution in [3.63, 3.8) is 0 Å². The third kappa shape index (κ3) is 3.90. The van der Waals surface area contributed by atoms with Crippen molar-refractivity contribution in [2.75, 3.05) is 26.2 Å². The first-order valence-corrected chi connectivity index (χ1v) is 9.38. The van der Waals surface area contributed by atoms with Gasteiger partial charge in [0.25, 0.3) is 0 Å². The molecule has 26 heavy (non-hydrogen) atoms. The Morgan fingerprint density at radius 3 is 2.69 bits per heavy atom. The van der Waals surface area contributed by atoms with Crippen molar-refractivity contribution < 1.29 is 19.2 Å². The standard InChI is InChI=1S/C20H27N3O3/c1-4-26-19(24)17-16(12-23-9-5-6-10-23)21-20(25)22-18(17)15-11-13(2)7-8-14(15)3/h7-8,11,18H,4-6,9-10,12H2,1-3H3,(H2,21,22,25)/p+1/t18-/m0/s1. The predicted molar refractivity (Wildman–Crippen MR) is 98.8 cm³/mol. The first-order valence-electron chi connectivity index (χ1n) is 9.38. The number of nitrogens with one attached hydrogen (secondary N) is 3. The molecule has 1 atom stereocenters. The molecule has 6 nitrogen and oxygen atoms in total. The number of aryl methyl sites for hydroxylation is 2. The van der Waals surface area contributed by atoms with Crippen LogP contribution in [0.5, 0.6) is 0 Å². The molecule has 0 aromatic heterocycles. The Balaban J connectivity index is 2.05. The average molecular weight is 358 g/mol. The summed E-state index contributed by atoms with van der Waals surface area (Å²) in [7, 11) is 0. The van der Waals surface area contributed by atoms with Gasteiger partial charge in [0.15, 0.2) is 0 Å². The number of carbonyl (C=O) groups excluding carboxylic acids is 2. The first-order chi connectivity index (χ1) is 12.5. The number of esters is 1. The number of ether oxygens (including phenoxy) is 1. The highest BCUT2D eigenvalue weighted by Crippen LogP contribution is 2.30. The molecule has 0 aliphatic carbocycles. The van der Waals surface area contributed by atoms with Crippen LogP contribution < -0.4 is 15.5 Å². The molecule has 0 saturated carbocycles. The second-order valence-corrected chi connectivity index (χ2v) is 7.14. The molecule has 1 aromatic carbocycles. The molecule has 6 heteroatoms. The normalized spacial score (nSPS) is 20.7. The number of quaternary nitrogens is 1. The van der Waals surface area contributed by atoms with Crippen molar-refractivity contribution in [2.45, 2.75) is 39.7 Å². The molecule has 3 N–H and O–H groups in total. The molecule has 2 aliphatic heterocycles. The lowest BCUT2D eigenvalue weighted by atomic mass is 9.91. The minimum Gasteiger partial charge on any atom is -0.463 e. The zero-order valence-corrected chi connectivity index (χ0v) is 15.8. The zero-order valence-electron chi connectivity index (χ0n) is 15.8. The number of hydrogen-bond acceptors (Lipinski definition) is 3. The summed E-state index contributed by atoms with van der Waals surface area (Å²) in [4.78, 5) is 26.5. The molecule has 2 amide bonds. The summed E-state index contributed by atoms with van der Waals surface area (Å²) in [5.41, 5.74) is 4.29. The second kappa shape index (κ2) is 7.91. The molecule has 3 rings (SSSR count). The van der Waals surface area contributed by atoms with Gasteiger partial charge in [-0.05, 0) is 31.9 Å². The number of benzene rings is 1. The first kappa shape index (κ1) is 18.5. The van der Waals surface area contributed by atoms with Crippen molar-refractivity contribution in [3.8, 4) is 0 Å². The van der Waals surface area contributed by atoms with Gasteiger partial charge in [-0.25, -0.2) is 9.59 Å². The largest absolute Gasteiger partial charge is 0.463 e. The van der Waals surface area contributed by atoms with Gasteiger partial charge >= 0.3 is 12.0 Å². The summed E-state index contributed by atoms with van der Waals surface area (Å²) in [6.45, 7) is 8.88. The minimum absolute atomic E-state index is 0.266. The maximum atomic E-state index is 12.8. The van der Waals surface area contributed by atoms with Crippen molar-refractivity contribution in [3.05, 3.63) is 46.2 Å². The van der Waals surface area contributed by atoms with E-state index in [4.69, 9.17) is 4.74 Å². The highest BCUT2D eigenvalue weighted by Gasteiger charge is 2.36. The van der Waals surface area contributed by atoms with Crippen LogP contribution in [0.3, 0.4) is 0 Å². The number of rotatable bonds is 5. The Labute approximate surface area is 154 Å². The summed E-state index contributed by atoms with van der Waals surface area (Å²) in [5.74, 6) is -0.362. The van der Waals surface area contributed by atoms with Gasteiger partial charge in [-0.1, -0.05) is 23.8 Å². The molecule has 1 saturated heterocycles. The van der Waals surface area contributed by atoms with Crippen LogP contribution in [0.2, 0.25) is 0 Å². The maximum absolute atomic E-state index is 12.8. The van der Waals surface area contributed by atoms with Crippen LogP contribution in [0.4, 0.5) is 4.79 Å². The SMILES string of the molecule is CCOC(=O)C1=C(C[NH+]2CCCC2)NC(=O)N[C@H]1c1cc(C)ccc1C. The van der Waals surface area contributed by atoms with Crippen LogP contribution in [-0.4, -0.2) is 38.2 Å². The van der Waals surface area contributed by atoms with E-state index < -0.39 is 6.04 Å². The maximum Gasteiger partial charge on any atom is 0.338 e. The Hall–Kier alpha value is -2.34. The lowest BCUT2D eigenvalue weighted by Crippen LogP contribution is -3.10. The van der Waals surface area contributed by atoms with E-state index in [0.29, 0.717) is 24.4 Å². The summed E-state index contributed by atoms with van der Waals surface area (Å²) in [6, 6.07) is 5.33. The van der Waals surface area contributed by atoms with Crippen LogP contribution in [0.1, 0.15) is 42.5 Å². The van der Waals surface area contributed by atoms with Crippen LogP contribution in [0, 0.1) is 13.8 Å². The third-order valence-corrected chi connectivity index (χ3v) is 5.13. The molecule has 1 fully saturated rings. The smallest absolute Gasteiger partial charge is 0.338 e. The molecule has 0 bridgehead atoms. The summed E-state index contributed by atoms with van der Waals surface area (Å²) >= 11 is 0. The van der Waals surface area contributed by atoms with Crippen LogP contribution in [-0.2, 0) is 9.53 Å². The monoisotopic (exact) mass is 358 g/mol. The predicted octanol–water partition coefficient (Wildman–Crippen LogP) is 1.15. The van der Waals surface area contributed by atoms with E-state index in [9.17, 15) is 9.59 Å². The molecular weight excluding hydrogens is 330 g/mol. The lowest BCUT2D eigenvalue weighted by Gasteiger charge is -2.31. The lowest BCUT2D eigenvalue weighted by molar-refractivity contribution is -0.882. The van der Waals surface area contributed by atoms with E-state index in [-0.39, 0.29) is 12.0 Å². The second-order valence-electron chi connectivity index (χ2n) is 7.14. The van der Waals surface area contributed by atoms with E-state index >= 15 is 0 Å². The van der Waals surface area contributed by atoms with Crippen molar-refractivity contribution in [1.82, 2.24) is 10.6 Å². The highest BCUT2D eigenvalue weighted by molar-refractivity contribution is 5.95. The molecule has 2 aliphatic rings. The molecule has 0 radical (unpaired) electrons. The Kier molecular flexibility index (Phi) is 5.61. The van der Waals surface area contributed by atoms with Gasteiger partial charge in [-0.15, -0.1) is 0 Å². The van der Waals surface area contributed by atoms with Gasteiger partial charge in [0, 0.05) is 12.8 Å². The van der Waals surface area contributed by atoms with E-state index in [1.807, 2.05) is 32.0 Å². The van der Waals surface area contributed by atoms with Gasteiger partial charge in [-0.2, -0.15) is 0 Å². The molecule has 2 heterocycles. The minimum atomic E-state index is -0.486. The van der Waals surface area contributed by atoms with E-state index in [2.05, 4.69) is 10.6 Å². The number of carbonyl (C=O) groups is 2. The number of likely N-dealkylation sites (tertiary alicyclic amines) is 1. The van der Waals surface area contributed by atoms with E-state index in [0.717, 1.165) is 29.8 Å². The van der Waals surface area contributed by atoms with Crippen molar-refractivity contribution in [1.29, 1.82) is 0 Å². The highest BCUT2D eigenvalue weighted by atomic mass is 16.5. The average Bonchev–Trinajstić information content (AvgIpc) is 3.09. The van der Waals surface area contributed by atoms with Gasteiger partial charge < -0.3 is 20.3 Å². The quantitative estimate of drug-likeness (QED) is 0.692. The van der Waals surface area contributed by atoms with Crippen LogP contribution in [0.25, 0.3) is 0 Å². The topological polar surface area (TPSA) is 71.9 Å². The Morgan fingerprint density at radius 2 is 2.00 bits per heavy atom. The summed E-state index contributed by atoms with van der Waals surface area (Å²) < 4.78 is 5.34. The van der Waals surface area contributed by atoms with Crippen molar-refractivity contribution >= 4 is 12.0 Å². The van der Waals surface area contributed by atoms with Gasteiger partial charge in [-0.3, -0.25) is 0 Å². The van der Waals surface area contributed by atoms with Crippen LogP contribution in [0.15, 0.2) is 29.5 Å². The third-order valence-electron chi connectivity index (χ3n) is 5.13. The molecule has 0 spiro atoms.